The van der Waals surface area contributed by atoms with Crippen LogP contribution < -0.4 is 0 Å². The van der Waals surface area contributed by atoms with E-state index in [1.165, 1.54) is 0 Å². The molecule has 1 N–H and O–H groups in total. The zero-order valence-corrected chi connectivity index (χ0v) is 14.0. The van der Waals surface area contributed by atoms with E-state index < -0.39 is 14.1 Å². The Hall–Kier alpha value is -0.423. The van der Waals surface area contributed by atoms with Crippen molar-refractivity contribution < 1.29 is 9.53 Å². The summed E-state index contributed by atoms with van der Waals surface area (Å²) in [4.78, 5) is 4.30. The topological polar surface area (TPSA) is 42.4 Å². The summed E-state index contributed by atoms with van der Waals surface area (Å²) in [7, 11) is -2.06. The normalized spacial score (nSPS) is 23.5. The van der Waals surface area contributed by atoms with E-state index in [0.717, 1.165) is 5.56 Å². The van der Waals surface area contributed by atoms with Gasteiger partial charge in [-0.15, -0.1) is 0 Å². The van der Waals surface area contributed by atoms with E-state index in [-0.39, 0.29) is 5.04 Å². The molecule has 1 aromatic rings. The summed E-state index contributed by atoms with van der Waals surface area (Å²) in [6.07, 6.45) is 2.88. The number of pyridine rings is 1. The van der Waals surface area contributed by atoms with Crippen LogP contribution in [0.25, 0.3) is 0 Å². The number of hydrogen-bond acceptors (Lipinski definition) is 3. The standard InChI is InChI=1S/C14H22ClNO2Si/c1-13(2,3)19(4,5)18-14(17)8-6-10-11(15)7-9-16-12(10)14/h7,9,17H,6,8H2,1-5H3. The Bertz CT molecular complexity index is 499. The van der Waals surface area contributed by atoms with E-state index in [0.29, 0.717) is 23.6 Å². The molecule has 106 valence electrons. The highest BCUT2D eigenvalue weighted by Gasteiger charge is 2.48. The van der Waals surface area contributed by atoms with Gasteiger partial charge >= 0.3 is 0 Å². The third-order valence-corrected chi connectivity index (χ3v) is 9.13. The molecule has 3 nitrogen and oxygen atoms in total. The van der Waals surface area contributed by atoms with Gasteiger partial charge in [-0.3, -0.25) is 4.98 Å². The Balaban J connectivity index is 2.36. The first-order valence-corrected chi connectivity index (χ1v) is 9.92. The lowest BCUT2D eigenvalue weighted by molar-refractivity contribution is -0.155. The Morgan fingerprint density at radius 2 is 2.05 bits per heavy atom. The number of nitrogens with zero attached hydrogens (tertiary/aromatic N) is 1. The number of hydrogen-bond donors (Lipinski definition) is 1. The summed E-state index contributed by atoms with van der Waals surface area (Å²) in [5, 5.41) is 11.6. The fourth-order valence-corrected chi connectivity index (χ4v) is 3.72. The molecule has 0 spiro atoms. The average molecular weight is 300 g/mol. The fourth-order valence-electron chi connectivity index (χ4n) is 2.13. The molecule has 1 aliphatic carbocycles. The number of aromatic nitrogens is 1. The van der Waals surface area contributed by atoms with Crippen molar-refractivity contribution in [1.29, 1.82) is 0 Å². The van der Waals surface area contributed by atoms with Crippen molar-refractivity contribution >= 4 is 19.9 Å². The van der Waals surface area contributed by atoms with E-state index in [2.05, 4.69) is 38.8 Å². The van der Waals surface area contributed by atoms with Gasteiger partial charge in [0.2, 0.25) is 5.79 Å². The molecule has 0 saturated heterocycles. The third-order valence-electron chi connectivity index (χ3n) is 4.31. The van der Waals surface area contributed by atoms with Crippen LogP contribution >= 0.6 is 11.6 Å². The second-order valence-electron chi connectivity index (χ2n) is 6.77. The second kappa shape index (κ2) is 4.55. The quantitative estimate of drug-likeness (QED) is 0.666. The third kappa shape index (κ3) is 2.59. The van der Waals surface area contributed by atoms with Crippen molar-refractivity contribution in [2.45, 2.75) is 57.5 Å². The van der Waals surface area contributed by atoms with E-state index >= 15 is 0 Å². The molecular weight excluding hydrogens is 278 g/mol. The van der Waals surface area contributed by atoms with E-state index in [4.69, 9.17) is 16.0 Å². The summed E-state index contributed by atoms with van der Waals surface area (Å²) in [5.74, 6) is -1.27. The smallest absolute Gasteiger partial charge is 0.201 e. The maximum absolute atomic E-state index is 10.9. The largest absolute Gasteiger partial charge is 0.385 e. The molecule has 0 amide bonds. The summed E-state index contributed by atoms with van der Waals surface area (Å²) in [5.41, 5.74) is 1.52. The molecule has 0 fully saturated rings. The molecular formula is C14H22ClNO2Si. The van der Waals surface area contributed by atoms with Gasteiger partial charge in [-0.1, -0.05) is 32.4 Å². The summed E-state index contributed by atoms with van der Waals surface area (Å²) < 4.78 is 6.21. The second-order valence-corrected chi connectivity index (χ2v) is 11.9. The van der Waals surface area contributed by atoms with Crippen LogP contribution in [0.15, 0.2) is 12.3 Å². The molecule has 1 unspecified atom stereocenters. The highest BCUT2D eigenvalue weighted by Crippen LogP contribution is 2.46. The minimum atomic E-state index is -2.06. The summed E-state index contributed by atoms with van der Waals surface area (Å²) in [6.45, 7) is 10.7. The Kier molecular flexibility index (Phi) is 3.59. The number of aliphatic hydroxyl groups is 1. The van der Waals surface area contributed by atoms with Crippen LogP contribution in [-0.4, -0.2) is 18.4 Å². The maximum Gasteiger partial charge on any atom is 0.201 e. The molecule has 1 atom stereocenters. The molecule has 1 aromatic heterocycles. The zero-order chi connectivity index (χ0) is 14.5. The van der Waals surface area contributed by atoms with Gasteiger partial charge in [-0.05, 0) is 36.2 Å². The van der Waals surface area contributed by atoms with Crippen molar-refractivity contribution in [3.05, 3.63) is 28.5 Å². The van der Waals surface area contributed by atoms with Gasteiger partial charge in [-0.25, -0.2) is 0 Å². The van der Waals surface area contributed by atoms with Gasteiger partial charge < -0.3 is 9.53 Å². The van der Waals surface area contributed by atoms with Crippen LogP contribution in [0, 0.1) is 0 Å². The van der Waals surface area contributed by atoms with Crippen LogP contribution in [0.2, 0.25) is 23.2 Å². The molecule has 0 radical (unpaired) electrons. The van der Waals surface area contributed by atoms with Crippen LogP contribution in [0.5, 0.6) is 0 Å². The van der Waals surface area contributed by atoms with Gasteiger partial charge in [-0.2, -0.15) is 0 Å². The minimum absolute atomic E-state index is 0.0457. The monoisotopic (exact) mass is 299 g/mol. The summed E-state index contributed by atoms with van der Waals surface area (Å²) >= 11 is 6.16. The lowest BCUT2D eigenvalue weighted by Crippen LogP contribution is -2.48. The van der Waals surface area contributed by atoms with Crippen LogP contribution in [0.1, 0.15) is 38.4 Å². The van der Waals surface area contributed by atoms with E-state index in [1.54, 1.807) is 12.3 Å². The van der Waals surface area contributed by atoms with Gasteiger partial charge in [0.15, 0.2) is 8.32 Å². The van der Waals surface area contributed by atoms with Crippen LogP contribution in [-0.2, 0) is 16.6 Å². The summed E-state index contributed by atoms with van der Waals surface area (Å²) in [6, 6.07) is 1.76. The first-order chi connectivity index (χ1) is 8.57. The van der Waals surface area contributed by atoms with Crippen molar-refractivity contribution in [1.82, 2.24) is 4.98 Å². The zero-order valence-electron chi connectivity index (χ0n) is 12.2. The highest BCUT2D eigenvalue weighted by molar-refractivity contribution is 6.74. The fraction of sp³-hybridized carbons (Fsp3) is 0.643. The first kappa shape index (κ1) is 15.0. The van der Waals surface area contributed by atoms with E-state index in [1.807, 2.05) is 0 Å². The molecule has 0 aromatic carbocycles. The lowest BCUT2D eigenvalue weighted by Gasteiger charge is -2.41. The van der Waals surface area contributed by atoms with Crippen molar-refractivity contribution in [2.75, 3.05) is 0 Å². The first-order valence-electron chi connectivity index (χ1n) is 6.63. The number of rotatable bonds is 2. The minimum Gasteiger partial charge on any atom is -0.385 e. The van der Waals surface area contributed by atoms with Gasteiger partial charge in [0, 0.05) is 17.6 Å². The molecule has 0 bridgehead atoms. The van der Waals surface area contributed by atoms with Crippen molar-refractivity contribution in [3.63, 3.8) is 0 Å². The van der Waals surface area contributed by atoms with Gasteiger partial charge in [0.05, 0.1) is 0 Å². The number of fused-ring (bicyclic) bond motifs is 1. The maximum atomic E-state index is 10.9. The van der Waals surface area contributed by atoms with Crippen molar-refractivity contribution in [2.24, 2.45) is 0 Å². The molecule has 2 rings (SSSR count). The molecule has 0 aliphatic heterocycles. The predicted octanol–water partition coefficient (Wildman–Crippen LogP) is 3.85. The molecule has 1 aliphatic rings. The molecule has 1 heterocycles. The lowest BCUT2D eigenvalue weighted by atomic mass is 10.2. The highest BCUT2D eigenvalue weighted by atomic mass is 35.5. The number of halogens is 1. The average Bonchev–Trinajstić information content (AvgIpc) is 2.55. The van der Waals surface area contributed by atoms with Crippen LogP contribution in [0.3, 0.4) is 0 Å². The van der Waals surface area contributed by atoms with Gasteiger partial charge in [0.1, 0.15) is 5.69 Å². The molecule has 5 heteroatoms. The Morgan fingerprint density at radius 3 is 2.63 bits per heavy atom. The predicted molar refractivity (Wildman–Crippen MR) is 79.7 cm³/mol. The molecule has 0 saturated carbocycles. The Morgan fingerprint density at radius 1 is 1.42 bits per heavy atom. The molecule has 19 heavy (non-hydrogen) atoms. The van der Waals surface area contributed by atoms with Crippen molar-refractivity contribution in [3.8, 4) is 0 Å². The van der Waals surface area contributed by atoms with Crippen LogP contribution in [0.4, 0.5) is 0 Å². The van der Waals surface area contributed by atoms with Gasteiger partial charge in [0.25, 0.3) is 0 Å². The van der Waals surface area contributed by atoms with E-state index in [9.17, 15) is 5.11 Å². The Labute approximate surface area is 121 Å². The SMILES string of the molecule is CC(C)(C)[Si](C)(C)OC1(O)CCc2c(Cl)ccnc21.